The highest BCUT2D eigenvalue weighted by Crippen LogP contribution is 2.30. The molecule has 2 aromatic rings. The Labute approximate surface area is 147 Å². The summed E-state index contributed by atoms with van der Waals surface area (Å²) in [6.45, 7) is 0.910. The number of esters is 1. The largest absolute Gasteiger partial charge is 0.497 e. The Morgan fingerprint density at radius 2 is 1.84 bits per heavy atom. The third-order valence-electron chi connectivity index (χ3n) is 4.34. The lowest BCUT2D eigenvalue weighted by molar-refractivity contribution is -0.145. The monoisotopic (exact) mass is 339 g/mol. The molecule has 3 rings (SSSR count). The van der Waals surface area contributed by atoms with E-state index in [4.69, 9.17) is 9.47 Å². The van der Waals surface area contributed by atoms with Crippen molar-refractivity contribution >= 4 is 17.6 Å². The van der Waals surface area contributed by atoms with Crippen molar-refractivity contribution in [2.75, 3.05) is 18.6 Å². The van der Waals surface area contributed by atoms with Crippen LogP contribution in [-0.2, 0) is 20.9 Å². The van der Waals surface area contributed by atoms with Crippen molar-refractivity contribution in [3.8, 4) is 5.75 Å². The van der Waals surface area contributed by atoms with Crippen molar-refractivity contribution in [2.24, 2.45) is 5.92 Å². The second-order valence-electron chi connectivity index (χ2n) is 6.03. The lowest BCUT2D eigenvalue weighted by Gasteiger charge is -2.38. The maximum atomic E-state index is 12.3. The van der Waals surface area contributed by atoms with Gasteiger partial charge in [-0.05, 0) is 36.2 Å². The molecule has 1 unspecified atom stereocenters. The van der Waals surface area contributed by atoms with Crippen molar-refractivity contribution in [1.29, 1.82) is 0 Å². The summed E-state index contributed by atoms with van der Waals surface area (Å²) in [5.41, 5.74) is 1.81. The van der Waals surface area contributed by atoms with E-state index in [1.54, 1.807) is 12.0 Å². The average Bonchev–Trinajstić information content (AvgIpc) is 2.66. The fraction of sp³-hybridized carbons (Fsp3) is 0.300. The molecule has 0 spiro atoms. The number of methoxy groups -OCH3 is 1. The first-order valence-corrected chi connectivity index (χ1v) is 8.32. The molecule has 1 saturated heterocycles. The summed E-state index contributed by atoms with van der Waals surface area (Å²) in [7, 11) is 1.61. The molecule has 1 aliphatic heterocycles. The van der Waals surface area contributed by atoms with Crippen LogP contribution in [0.25, 0.3) is 0 Å². The van der Waals surface area contributed by atoms with Gasteiger partial charge in [-0.2, -0.15) is 0 Å². The van der Waals surface area contributed by atoms with E-state index in [1.165, 1.54) is 0 Å². The van der Waals surface area contributed by atoms with E-state index in [1.807, 2.05) is 54.6 Å². The van der Waals surface area contributed by atoms with Crippen molar-refractivity contribution in [3.05, 3.63) is 60.2 Å². The highest BCUT2D eigenvalue weighted by atomic mass is 16.5. The van der Waals surface area contributed by atoms with Crippen molar-refractivity contribution < 1.29 is 19.1 Å². The first-order valence-electron chi connectivity index (χ1n) is 8.32. The molecule has 1 aliphatic rings. The summed E-state index contributed by atoms with van der Waals surface area (Å²) in [5, 5.41) is 0. The summed E-state index contributed by atoms with van der Waals surface area (Å²) >= 11 is 0. The fourth-order valence-electron chi connectivity index (χ4n) is 2.81. The summed E-state index contributed by atoms with van der Waals surface area (Å²) in [6, 6.07) is 16.9. The number of hydrogen-bond acceptors (Lipinski definition) is 4. The molecule has 0 saturated carbocycles. The van der Waals surface area contributed by atoms with Crippen LogP contribution in [0.1, 0.15) is 18.4 Å². The minimum absolute atomic E-state index is 0.0565. The van der Waals surface area contributed by atoms with Gasteiger partial charge >= 0.3 is 5.97 Å². The normalized spacial score (nSPS) is 16.3. The summed E-state index contributed by atoms with van der Waals surface area (Å²) in [4.78, 5) is 25.8. The van der Waals surface area contributed by atoms with E-state index in [9.17, 15) is 9.59 Å². The zero-order chi connectivity index (χ0) is 17.6. The van der Waals surface area contributed by atoms with Gasteiger partial charge in [0, 0.05) is 18.7 Å². The zero-order valence-corrected chi connectivity index (χ0v) is 14.2. The van der Waals surface area contributed by atoms with E-state index < -0.39 is 0 Å². The Morgan fingerprint density at radius 3 is 2.48 bits per heavy atom. The van der Waals surface area contributed by atoms with E-state index in [-0.39, 0.29) is 30.8 Å². The van der Waals surface area contributed by atoms with Gasteiger partial charge in [0.15, 0.2) is 0 Å². The topological polar surface area (TPSA) is 55.8 Å². The molecule has 0 aromatic heterocycles. The van der Waals surface area contributed by atoms with Gasteiger partial charge in [0.1, 0.15) is 12.4 Å². The molecule has 1 fully saturated rings. The number of benzene rings is 2. The molecule has 25 heavy (non-hydrogen) atoms. The molecule has 2 aromatic carbocycles. The van der Waals surface area contributed by atoms with Crippen LogP contribution in [0.4, 0.5) is 5.69 Å². The van der Waals surface area contributed by atoms with Gasteiger partial charge in [-0.25, -0.2) is 0 Å². The molecule has 0 radical (unpaired) electrons. The van der Waals surface area contributed by atoms with E-state index in [0.29, 0.717) is 13.0 Å². The first kappa shape index (κ1) is 17.0. The molecule has 1 heterocycles. The molecule has 5 nitrogen and oxygen atoms in total. The molecule has 130 valence electrons. The number of carbonyl (C=O) groups is 2. The summed E-state index contributed by atoms with van der Waals surface area (Å²) in [6.07, 6.45) is 0.790. The van der Waals surface area contributed by atoms with Crippen LogP contribution in [0.5, 0.6) is 5.75 Å². The molecular weight excluding hydrogens is 318 g/mol. The van der Waals surface area contributed by atoms with Gasteiger partial charge < -0.3 is 14.4 Å². The lowest BCUT2D eigenvalue weighted by atomic mass is 9.92. The van der Waals surface area contributed by atoms with Gasteiger partial charge in [0.25, 0.3) is 0 Å². The number of ether oxygens (including phenoxy) is 2. The van der Waals surface area contributed by atoms with Gasteiger partial charge in [-0.1, -0.05) is 30.3 Å². The third kappa shape index (κ3) is 4.18. The predicted octanol–water partition coefficient (Wildman–Crippen LogP) is 3.18. The van der Waals surface area contributed by atoms with E-state index in [2.05, 4.69) is 0 Å². The van der Waals surface area contributed by atoms with Gasteiger partial charge in [0.2, 0.25) is 5.91 Å². The van der Waals surface area contributed by atoms with Crippen LogP contribution in [0.3, 0.4) is 0 Å². The number of amides is 1. The van der Waals surface area contributed by atoms with Crippen LogP contribution in [0, 0.1) is 5.92 Å². The third-order valence-corrected chi connectivity index (χ3v) is 4.34. The zero-order valence-electron chi connectivity index (χ0n) is 14.2. The molecule has 0 aliphatic carbocycles. The van der Waals surface area contributed by atoms with Crippen LogP contribution < -0.4 is 9.64 Å². The standard InChI is InChI=1S/C20H21NO4/c1-24-18-10-8-17(9-11-18)21-13-16(20(21)23)7-12-19(22)25-14-15-5-3-2-4-6-15/h2-6,8-11,16H,7,12-14H2,1H3. The van der Waals surface area contributed by atoms with E-state index in [0.717, 1.165) is 17.0 Å². The fourth-order valence-corrected chi connectivity index (χ4v) is 2.81. The number of carbonyl (C=O) groups excluding carboxylic acids is 2. The van der Waals surface area contributed by atoms with Crippen molar-refractivity contribution in [2.45, 2.75) is 19.4 Å². The maximum Gasteiger partial charge on any atom is 0.306 e. The number of hydrogen-bond donors (Lipinski definition) is 0. The van der Waals surface area contributed by atoms with Crippen LogP contribution in [-0.4, -0.2) is 25.5 Å². The van der Waals surface area contributed by atoms with Gasteiger partial charge in [-0.15, -0.1) is 0 Å². The van der Waals surface area contributed by atoms with Crippen molar-refractivity contribution in [1.82, 2.24) is 0 Å². The SMILES string of the molecule is COc1ccc(N2CC(CCC(=O)OCc3ccccc3)C2=O)cc1. The Hall–Kier alpha value is -2.82. The Kier molecular flexibility index (Phi) is 5.33. The molecular formula is C20H21NO4. The van der Waals surface area contributed by atoms with E-state index >= 15 is 0 Å². The molecule has 0 N–H and O–H groups in total. The number of anilines is 1. The highest BCUT2D eigenvalue weighted by molar-refractivity contribution is 6.01. The highest BCUT2D eigenvalue weighted by Gasteiger charge is 2.37. The second kappa shape index (κ2) is 7.83. The van der Waals surface area contributed by atoms with Crippen molar-refractivity contribution in [3.63, 3.8) is 0 Å². The quantitative estimate of drug-likeness (QED) is 0.574. The first-order chi connectivity index (χ1) is 12.2. The number of rotatable bonds is 7. The summed E-state index contributed by atoms with van der Waals surface area (Å²) in [5.74, 6) is 0.446. The van der Waals surface area contributed by atoms with Crippen LogP contribution in [0.2, 0.25) is 0 Å². The average molecular weight is 339 g/mol. The van der Waals surface area contributed by atoms with Crippen LogP contribution in [0.15, 0.2) is 54.6 Å². The molecule has 0 bridgehead atoms. The molecule has 5 heteroatoms. The summed E-state index contributed by atoms with van der Waals surface area (Å²) < 4.78 is 10.4. The number of nitrogens with zero attached hydrogens (tertiary/aromatic N) is 1. The smallest absolute Gasteiger partial charge is 0.306 e. The Balaban J connectivity index is 1.41. The maximum absolute atomic E-state index is 12.3. The second-order valence-corrected chi connectivity index (χ2v) is 6.03. The molecule has 1 atom stereocenters. The minimum atomic E-state index is -0.264. The lowest BCUT2D eigenvalue weighted by Crippen LogP contribution is -2.52. The number of β-lactam (4-membered cyclic amide) rings is 1. The van der Waals surface area contributed by atoms with Crippen LogP contribution >= 0.6 is 0 Å². The minimum Gasteiger partial charge on any atom is -0.497 e. The van der Waals surface area contributed by atoms with Gasteiger partial charge in [-0.3, -0.25) is 9.59 Å². The predicted molar refractivity (Wildman–Crippen MR) is 94.3 cm³/mol. The Bertz CT molecular complexity index is 727. The molecule has 1 amide bonds. The Morgan fingerprint density at radius 1 is 1.12 bits per heavy atom. The van der Waals surface area contributed by atoms with Gasteiger partial charge in [0.05, 0.1) is 13.0 Å².